The van der Waals surface area contributed by atoms with Gasteiger partial charge in [-0.25, -0.2) is 9.59 Å². The van der Waals surface area contributed by atoms with E-state index in [0.717, 1.165) is 25.0 Å². The third kappa shape index (κ3) is 13.3. The zero-order valence-electron chi connectivity index (χ0n) is 15.4. The molecule has 4 N–H and O–H groups in total. The molecular formula is C18H22ClF3N2O5. The molecule has 0 aliphatic carbocycles. The van der Waals surface area contributed by atoms with Crippen LogP contribution in [-0.2, 0) is 20.6 Å². The Morgan fingerprint density at radius 1 is 1.10 bits per heavy atom. The molecule has 1 aromatic carbocycles. The van der Waals surface area contributed by atoms with Crippen LogP contribution in [0.5, 0.6) is 0 Å². The third-order valence-electron chi connectivity index (χ3n) is 3.10. The molecule has 0 fully saturated rings. The SMILES string of the molecule is NCCON=C(CCCCCl)c1ccc(C(F)(F)F)cc1.O=C(O)/C=C\C(=O)O. The van der Waals surface area contributed by atoms with E-state index in [1.807, 2.05) is 0 Å². The number of benzene rings is 1. The molecule has 0 saturated heterocycles. The number of carboxylic acids is 2. The Bertz CT molecular complexity index is 676. The summed E-state index contributed by atoms with van der Waals surface area (Å²) >= 11 is 5.62. The normalized spacial score (nSPS) is 11.7. The van der Waals surface area contributed by atoms with Crippen LogP contribution in [0.1, 0.15) is 30.4 Å². The van der Waals surface area contributed by atoms with E-state index in [0.29, 0.717) is 42.3 Å². The molecule has 0 atom stereocenters. The Balaban J connectivity index is 0.000000828. The lowest BCUT2D eigenvalue weighted by molar-refractivity contribution is -0.137. The molecule has 0 bridgehead atoms. The number of nitrogens with two attached hydrogens (primary N) is 1. The molecule has 11 heteroatoms. The van der Waals surface area contributed by atoms with E-state index >= 15 is 0 Å². The second-order valence-corrected chi connectivity index (χ2v) is 5.77. The van der Waals surface area contributed by atoms with Crippen molar-refractivity contribution in [2.75, 3.05) is 19.0 Å². The van der Waals surface area contributed by atoms with Gasteiger partial charge in [0.05, 0.1) is 11.3 Å². The van der Waals surface area contributed by atoms with E-state index in [1.54, 1.807) is 0 Å². The summed E-state index contributed by atoms with van der Waals surface area (Å²) in [6, 6.07) is 4.87. The maximum absolute atomic E-state index is 12.5. The van der Waals surface area contributed by atoms with Crippen LogP contribution >= 0.6 is 11.6 Å². The number of hydrogen-bond donors (Lipinski definition) is 3. The molecule has 1 rings (SSSR count). The number of carboxylic acid groups (broad SMARTS) is 2. The number of oxime groups is 1. The van der Waals surface area contributed by atoms with E-state index < -0.39 is 23.7 Å². The van der Waals surface area contributed by atoms with Gasteiger partial charge in [-0.1, -0.05) is 17.3 Å². The molecule has 0 saturated carbocycles. The van der Waals surface area contributed by atoms with E-state index in [-0.39, 0.29) is 6.61 Å². The largest absolute Gasteiger partial charge is 0.478 e. The minimum atomic E-state index is -4.34. The number of carbonyl (C=O) groups is 2. The topological polar surface area (TPSA) is 122 Å². The van der Waals surface area contributed by atoms with Crippen molar-refractivity contribution in [3.05, 3.63) is 47.5 Å². The fourth-order valence-electron chi connectivity index (χ4n) is 1.80. The van der Waals surface area contributed by atoms with Crippen LogP contribution in [0.2, 0.25) is 0 Å². The van der Waals surface area contributed by atoms with Crippen molar-refractivity contribution in [2.24, 2.45) is 10.9 Å². The van der Waals surface area contributed by atoms with E-state index in [9.17, 15) is 22.8 Å². The van der Waals surface area contributed by atoms with Crippen molar-refractivity contribution in [1.82, 2.24) is 0 Å². The molecule has 162 valence electrons. The summed E-state index contributed by atoms with van der Waals surface area (Å²) < 4.78 is 37.6. The number of aliphatic carboxylic acids is 2. The van der Waals surface area contributed by atoms with Crippen LogP contribution in [0.15, 0.2) is 41.6 Å². The fourth-order valence-corrected chi connectivity index (χ4v) is 1.99. The molecule has 0 aliphatic heterocycles. The van der Waals surface area contributed by atoms with Gasteiger partial charge < -0.3 is 20.8 Å². The molecule has 0 aromatic heterocycles. The van der Waals surface area contributed by atoms with Gasteiger partial charge in [0, 0.05) is 24.6 Å². The van der Waals surface area contributed by atoms with Crippen LogP contribution in [0.25, 0.3) is 0 Å². The maximum atomic E-state index is 12.5. The van der Waals surface area contributed by atoms with E-state index in [1.165, 1.54) is 12.1 Å². The Hall–Kier alpha value is -2.59. The quantitative estimate of drug-likeness (QED) is 0.169. The zero-order chi connectivity index (χ0) is 22.3. The summed E-state index contributed by atoms with van der Waals surface area (Å²) in [5.41, 5.74) is 5.83. The molecule has 0 spiro atoms. The first-order chi connectivity index (χ1) is 13.6. The van der Waals surface area contributed by atoms with Gasteiger partial charge in [-0.3, -0.25) is 0 Å². The molecule has 29 heavy (non-hydrogen) atoms. The first-order valence-corrected chi connectivity index (χ1v) is 8.91. The van der Waals surface area contributed by atoms with Gasteiger partial charge in [-0.15, -0.1) is 11.6 Å². The molecule has 0 radical (unpaired) electrons. The van der Waals surface area contributed by atoms with Crippen molar-refractivity contribution in [1.29, 1.82) is 0 Å². The highest BCUT2D eigenvalue weighted by molar-refractivity contribution is 6.17. The van der Waals surface area contributed by atoms with Crippen molar-refractivity contribution >= 4 is 29.3 Å². The summed E-state index contributed by atoms with van der Waals surface area (Å²) in [5.74, 6) is -1.98. The molecule has 0 aliphatic rings. The van der Waals surface area contributed by atoms with Crippen LogP contribution in [0.4, 0.5) is 13.2 Å². The van der Waals surface area contributed by atoms with Crippen LogP contribution in [0, 0.1) is 0 Å². The molecule has 0 unspecified atom stereocenters. The van der Waals surface area contributed by atoms with Crippen LogP contribution in [0.3, 0.4) is 0 Å². The smallest absolute Gasteiger partial charge is 0.416 e. The van der Waals surface area contributed by atoms with Gasteiger partial charge in [0.2, 0.25) is 0 Å². The minimum Gasteiger partial charge on any atom is -0.478 e. The number of unbranched alkanes of at least 4 members (excludes halogenated alkanes) is 1. The number of alkyl halides is 4. The van der Waals surface area contributed by atoms with Crippen molar-refractivity contribution in [3.8, 4) is 0 Å². The second kappa shape index (κ2) is 14.4. The molecule has 1 aromatic rings. The highest BCUT2D eigenvalue weighted by Gasteiger charge is 2.30. The van der Waals surface area contributed by atoms with Crippen molar-refractivity contribution < 1.29 is 37.8 Å². The van der Waals surface area contributed by atoms with Gasteiger partial charge in [-0.2, -0.15) is 13.2 Å². The van der Waals surface area contributed by atoms with Crippen molar-refractivity contribution in [2.45, 2.75) is 25.4 Å². The maximum Gasteiger partial charge on any atom is 0.416 e. The van der Waals surface area contributed by atoms with Gasteiger partial charge in [-0.05, 0) is 37.0 Å². The summed E-state index contributed by atoms with van der Waals surface area (Å²) in [4.78, 5) is 24.1. The Kier molecular flexibility index (Phi) is 13.1. The lowest BCUT2D eigenvalue weighted by Crippen LogP contribution is -2.09. The van der Waals surface area contributed by atoms with Gasteiger partial charge in [0.15, 0.2) is 0 Å². The van der Waals surface area contributed by atoms with E-state index in [4.69, 9.17) is 32.4 Å². The Morgan fingerprint density at radius 2 is 1.66 bits per heavy atom. The fraction of sp³-hybridized carbons (Fsp3) is 0.389. The van der Waals surface area contributed by atoms with E-state index in [2.05, 4.69) is 5.16 Å². The van der Waals surface area contributed by atoms with Crippen molar-refractivity contribution in [3.63, 3.8) is 0 Å². The average molecular weight is 439 g/mol. The molecule has 0 amide bonds. The van der Waals surface area contributed by atoms with Gasteiger partial charge >= 0.3 is 18.1 Å². The predicted octanol–water partition coefficient (Wildman–Crippen LogP) is 3.51. The summed E-state index contributed by atoms with van der Waals surface area (Å²) in [6.07, 6.45) is -1.05. The Labute approximate surface area is 170 Å². The first kappa shape index (κ1) is 26.4. The van der Waals surface area contributed by atoms with Gasteiger partial charge in [0.25, 0.3) is 0 Å². The molecule has 7 nitrogen and oxygen atoms in total. The molecular weight excluding hydrogens is 417 g/mol. The third-order valence-corrected chi connectivity index (χ3v) is 3.36. The van der Waals surface area contributed by atoms with Crippen LogP contribution < -0.4 is 5.73 Å². The second-order valence-electron chi connectivity index (χ2n) is 5.39. The highest BCUT2D eigenvalue weighted by atomic mass is 35.5. The molecule has 0 heterocycles. The van der Waals surface area contributed by atoms with Crippen LogP contribution in [-0.4, -0.2) is 46.9 Å². The predicted molar refractivity (Wildman–Crippen MR) is 102 cm³/mol. The minimum absolute atomic E-state index is 0.264. The number of nitrogens with zero attached hydrogens (tertiary/aromatic N) is 1. The standard InChI is InChI=1S/C14H18ClF3N2O.C4H4O4/c15-8-2-1-3-13(20-21-10-9-19)11-4-6-12(7-5-11)14(16,17)18;5-3(6)1-2-4(7)8/h4-7H,1-3,8-10,19H2;1-2H,(H,5,6)(H,7,8)/b;2-1-. The Morgan fingerprint density at radius 3 is 2.07 bits per heavy atom. The number of halogens is 4. The number of rotatable bonds is 10. The first-order valence-electron chi connectivity index (χ1n) is 8.38. The number of hydrogen-bond acceptors (Lipinski definition) is 5. The average Bonchev–Trinajstić information content (AvgIpc) is 2.65. The van der Waals surface area contributed by atoms with Gasteiger partial charge in [0.1, 0.15) is 6.61 Å². The zero-order valence-corrected chi connectivity index (χ0v) is 16.1. The monoisotopic (exact) mass is 438 g/mol. The highest BCUT2D eigenvalue weighted by Crippen LogP contribution is 2.29. The lowest BCUT2D eigenvalue weighted by Gasteiger charge is -2.09. The lowest BCUT2D eigenvalue weighted by atomic mass is 10.0. The summed E-state index contributed by atoms with van der Waals surface area (Å²) in [5, 5.41) is 19.6. The summed E-state index contributed by atoms with van der Waals surface area (Å²) in [7, 11) is 0. The summed E-state index contributed by atoms with van der Waals surface area (Å²) in [6.45, 7) is 0.588.